The largest absolute Gasteiger partial charge is 0.347 e. The summed E-state index contributed by atoms with van der Waals surface area (Å²) in [6, 6.07) is 8.26. The Hall–Kier alpha value is -0.420. The van der Waals surface area contributed by atoms with Crippen LogP contribution in [0.25, 0.3) is 0 Å². The van der Waals surface area contributed by atoms with Crippen molar-refractivity contribution in [3.8, 4) is 0 Å². The Balaban J connectivity index is 0.00000192. The lowest BCUT2D eigenvalue weighted by atomic mass is 9.88. The molecule has 1 amide bonds. The molecule has 6 heteroatoms. The van der Waals surface area contributed by atoms with Gasteiger partial charge in [-0.1, -0.05) is 36.6 Å². The molecule has 2 fully saturated rings. The highest BCUT2D eigenvalue weighted by Gasteiger charge is 2.37. The van der Waals surface area contributed by atoms with E-state index in [1.165, 1.54) is 18.4 Å². The average molecular weight is 375 g/mol. The van der Waals surface area contributed by atoms with Crippen molar-refractivity contribution in [3.05, 3.63) is 34.9 Å². The lowest BCUT2D eigenvalue weighted by molar-refractivity contribution is -0.123. The van der Waals surface area contributed by atoms with Gasteiger partial charge in [-0.25, -0.2) is 0 Å². The number of benzene rings is 1. The van der Waals surface area contributed by atoms with Crippen molar-refractivity contribution in [1.82, 2.24) is 10.6 Å². The molecule has 23 heavy (non-hydrogen) atoms. The third-order valence-corrected chi connectivity index (χ3v) is 6.05. The Morgan fingerprint density at radius 3 is 2.61 bits per heavy atom. The first-order chi connectivity index (χ1) is 10.7. The summed E-state index contributed by atoms with van der Waals surface area (Å²) in [4.78, 5) is 12.5. The zero-order valence-corrected chi connectivity index (χ0v) is 15.5. The minimum atomic E-state index is -0.191. The fraction of sp³-hybridized carbons (Fsp3) is 0.588. The van der Waals surface area contributed by atoms with Gasteiger partial charge in [0.2, 0.25) is 5.91 Å². The zero-order valence-electron chi connectivity index (χ0n) is 13.1. The smallest absolute Gasteiger partial charge is 0.222 e. The second-order valence-corrected chi connectivity index (χ2v) is 7.86. The lowest BCUT2D eigenvalue weighted by Crippen LogP contribution is -2.47. The van der Waals surface area contributed by atoms with Crippen LogP contribution in [0.1, 0.15) is 37.7 Å². The Bertz CT molecular complexity index is 512. The number of hydrogen-bond donors (Lipinski definition) is 2. The van der Waals surface area contributed by atoms with Crippen LogP contribution in [0.5, 0.6) is 0 Å². The van der Waals surface area contributed by atoms with Crippen LogP contribution in [-0.2, 0) is 10.3 Å². The predicted octanol–water partition coefficient (Wildman–Crippen LogP) is 3.74. The van der Waals surface area contributed by atoms with Crippen molar-refractivity contribution >= 4 is 41.7 Å². The molecule has 0 radical (unpaired) electrons. The molecule has 1 aliphatic carbocycles. The van der Waals surface area contributed by atoms with Crippen LogP contribution in [0, 0.1) is 0 Å². The molecule has 3 rings (SSSR count). The van der Waals surface area contributed by atoms with Gasteiger partial charge in [0.1, 0.15) is 0 Å². The van der Waals surface area contributed by atoms with E-state index >= 15 is 0 Å². The molecule has 1 aromatic carbocycles. The number of amides is 1. The molecule has 1 saturated heterocycles. The Morgan fingerprint density at radius 1 is 1.30 bits per heavy atom. The number of halogens is 2. The van der Waals surface area contributed by atoms with E-state index in [-0.39, 0.29) is 23.9 Å². The van der Waals surface area contributed by atoms with Crippen LogP contribution in [0.4, 0.5) is 0 Å². The van der Waals surface area contributed by atoms with E-state index in [9.17, 15) is 4.79 Å². The molecule has 1 atom stereocenters. The van der Waals surface area contributed by atoms with Crippen LogP contribution < -0.4 is 10.6 Å². The maximum Gasteiger partial charge on any atom is 0.222 e. The molecule has 1 aliphatic heterocycles. The fourth-order valence-electron chi connectivity index (χ4n) is 3.53. The average Bonchev–Trinajstić information content (AvgIpc) is 2.98. The van der Waals surface area contributed by atoms with Gasteiger partial charge in [0.15, 0.2) is 0 Å². The molecular weight excluding hydrogens is 351 g/mol. The first-order valence-corrected chi connectivity index (χ1v) is 9.59. The monoisotopic (exact) mass is 374 g/mol. The van der Waals surface area contributed by atoms with Crippen molar-refractivity contribution in [2.75, 3.05) is 18.1 Å². The summed E-state index contributed by atoms with van der Waals surface area (Å²) in [5, 5.41) is 7.52. The highest BCUT2D eigenvalue weighted by atomic mass is 35.5. The minimum absolute atomic E-state index is 0. The van der Waals surface area contributed by atoms with Gasteiger partial charge in [-0.15, -0.1) is 12.4 Å². The molecule has 0 aromatic heterocycles. The summed E-state index contributed by atoms with van der Waals surface area (Å²) < 4.78 is 0. The molecule has 128 valence electrons. The van der Waals surface area contributed by atoms with E-state index in [1.807, 2.05) is 23.9 Å². The standard InChI is InChI=1S/C17H23ClN2OS.ClH/c18-14-5-3-13(4-6-14)17(7-1-2-8-17)20-16(21)11-15-12-22-10-9-19-15;/h3-6,15,19H,1-2,7-12H2,(H,20,21);1H. The van der Waals surface area contributed by atoms with E-state index in [4.69, 9.17) is 11.6 Å². The van der Waals surface area contributed by atoms with Crippen LogP contribution >= 0.6 is 35.8 Å². The summed E-state index contributed by atoms with van der Waals surface area (Å²) in [6.07, 6.45) is 4.95. The molecule has 1 heterocycles. The summed E-state index contributed by atoms with van der Waals surface area (Å²) in [5.41, 5.74) is 0.998. The van der Waals surface area contributed by atoms with E-state index in [1.54, 1.807) is 0 Å². The van der Waals surface area contributed by atoms with E-state index in [0.29, 0.717) is 12.5 Å². The van der Waals surface area contributed by atoms with Gasteiger partial charge in [-0.05, 0) is 30.5 Å². The highest BCUT2D eigenvalue weighted by molar-refractivity contribution is 7.99. The molecular formula is C17H24Cl2N2OS. The number of rotatable bonds is 4. The second kappa shape index (κ2) is 8.61. The maximum absolute atomic E-state index is 12.5. The molecule has 1 aromatic rings. The molecule has 1 saturated carbocycles. The number of carbonyl (C=O) groups excluding carboxylic acids is 1. The minimum Gasteiger partial charge on any atom is -0.347 e. The molecule has 3 nitrogen and oxygen atoms in total. The lowest BCUT2D eigenvalue weighted by Gasteiger charge is -2.32. The summed E-state index contributed by atoms with van der Waals surface area (Å²) >= 11 is 7.93. The number of hydrogen-bond acceptors (Lipinski definition) is 3. The van der Waals surface area contributed by atoms with Crippen LogP contribution in [-0.4, -0.2) is 30.0 Å². The predicted molar refractivity (Wildman–Crippen MR) is 101 cm³/mol. The molecule has 1 unspecified atom stereocenters. The van der Waals surface area contributed by atoms with Gasteiger partial charge < -0.3 is 10.6 Å². The summed E-state index contributed by atoms with van der Waals surface area (Å²) in [7, 11) is 0. The van der Waals surface area contributed by atoms with E-state index in [2.05, 4.69) is 22.8 Å². The van der Waals surface area contributed by atoms with Crippen molar-refractivity contribution in [1.29, 1.82) is 0 Å². The van der Waals surface area contributed by atoms with Crippen molar-refractivity contribution < 1.29 is 4.79 Å². The first kappa shape index (κ1) is 18.9. The zero-order chi connectivity index (χ0) is 15.4. The number of thioether (sulfide) groups is 1. The molecule has 0 spiro atoms. The van der Waals surface area contributed by atoms with E-state index in [0.717, 1.165) is 35.9 Å². The maximum atomic E-state index is 12.5. The van der Waals surface area contributed by atoms with Crippen LogP contribution in [0.3, 0.4) is 0 Å². The van der Waals surface area contributed by atoms with Crippen LogP contribution in [0.15, 0.2) is 24.3 Å². The summed E-state index contributed by atoms with van der Waals surface area (Å²) in [5.74, 6) is 2.34. The topological polar surface area (TPSA) is 41.1 Å². The number of nitrogens with one attached hydrogen (secondary N) is 2. The molecule has 0 bridgehead atoms. The quantitative estimate of drug-likeness (QED) is 0.842. The Kier molecular flexibility index (Phi) is 7.08. The third kappa shape index (κ3) is 4.79. The van der Waals surface area contributed by atoms with Crippen molar-refractivity contribution in [2.45, 2.75) is 43.7 Å². The normalized spacial score (nSPS) is 23.1. The van der Waals surface area contributed by atoms with Gasteiger partial charge in [0.05, 0.1) is 5.54 Å². The Labute approximate surface area is 153 Å². The van der Waals surface area contributed by atoms with Crippen LogP contribution in [0.2, 0.25) is 5.02 Å². The van der Waals surface area contributed by atoms with Crippen molar-refractivity contribution in [2.24, 2.45) is 0 Å². The SMILES string of the molecule is Cl.O=C(CC1CSCCN1)NC1(c2ccc(Cl)cc2)CCCC1. The second-order valence-electron chi connectivity index (χ2n) is 6.27. The summed E-state index contributed by atoms with van der Waals surface area (Å²) in [6.45, 7) is 1.00. The van der Waals surface area contributed by atoms with Gasteiger partial charge >= 0.3 is 0 Å². The molecule has 2 N–H and O–H groups in total. The third-order valence-electron chi connectivity index (χ3n) is 4.66. The number of carbonyl (C=O) groups is 1. The van der Waals surface area contributed by atoms with Gasteiger partial charge in [-0.2, -0.15) is 11.8 Å². The Morgan fingerprint density at radius 2 is 2.00 bits per heavy atom. The molecule has 2 aliphatic rings. The van der Waals surface area contributed by atoms with Crippen molar-refractivity contribution in [3.63, 3.8) is 0 Å². The van der Waals surface area contributed by atoms with E-state index < -0.39 is 0 Å². The fourth-order valence-corrected chi connectivity index (χ4v) is 4.60. The van der Waals surface area contributed by atoms with Gasteiger partial charge in [0.25, 0.3) is 0 Å². The van der Waals surface area contributed by atoms with Gasteiger partial charge in [-0.3, -0.25) is 4.79 Å². The van der Waals surface area contributed by atoms with Gasteiger partial charge in [0, 0.05) is 35.5 Å². The highest BCUT2D eigenvalue weighted by Crippen LogP contribution is 2.39. The first-order valence-electron chi connectivity index (χ1n) is 8.06.